The van der Waals surface area contributed by atoms with Crippen molar-refractivity contribution in [1.82, 2.24) is 5.32 Å². The second-order valence-electron chi connectivity index (χ2n) is 6.91. The molecular weight excluding hydrogens is 262 g/mol. The molecule has 116 valence electrons. The predicted molar refractivity (Wildman–Crippen MR) is 84.6 cm³/mol. The molecule has 0 aromatic heterocycles. The SMILES string of the molecule is CCC(NC1C2CCOC2C1(C)C)c1ccccc1OC. The number of methoxy groups -OCH3 is 1. The number of hydrogen-bond donors (Lipinski definition) is 1. The quantitative estimate of drug-likeness (QED) is 0.899. The fraction of sp³-hybridized carbons (Fsp3) is 0.667. The molecule has 0 bridgehead atoms. The van der Waals surface area contributed by atoms with Crippen molar-refractivity contribution in [3.63, 3.8) is 0 Å². The maximum Gasteiger partial charge on any atom is 0.123 e. The van der Waals surface area contributed by atoms with Crippen LogP contribution in [0.1, 0.15) is 45.2 Å². The van der Waals surface area contributed by atoms with Crippen LogP contribution in [-0.4, -0.2) is 25.9 Å². The second kappa shape index (κ2) is 5.62. The Morgan fingerprint density at radius 3 is 2.86 bits per heavy atom. The van der Waals surface area contributed by atoms with E-state index < -0.39 is 0 Å². The summed E-state index contributed by atoms with van der Waals surface area (Å²) >= 11 is 0. The van der Waals surface area contributed by atoms with Crippen LogP contribution in [0.25, 0.3) is 0 Å². The van der Waals surface area contributed by atoms with E-state index >= 15 is 0 Å². The molecular formula is C18H27NO2. The molecule has 4 unspecified atom stereocenters. The summed E-state index contributed by atoms with van der Waals surface area (Å²) in [4.78, 5) is 0. The number of benzene rings is 1. The minimum atomic E-state index is 0.219. The molecule has 1 N–H and O–H groups in total. The van der Waals surface area contributed by atoms with Gasteiger partial charge in [0.1, 0.15) is 5.75 Å². The van der Waals surface area contributed by atoms with Gasteiger partial charge < -0.3 is 14.8 Å². The normalized spacial score (nSPS) is 31.3. The van der Waals surface area contributed by atoms with Crippen molar-refractivity contribution in [2.24, 2.45) is 11.3 Å². The van der Waals surface area contributed by atoms with Gasteiger partial charge in [0.25, 0.3) is 0 Å². The maximum absolute atomic E-state index is 5.90. The van der Waals surface area contributed by atoms with E-state index in [0.717, 1.165) is 18.8 Å². The van der Waals surface area contributed by atoms with Crippen molar-refractivity contribution < 1.29 is 9.47 Å². The van der Waals surface area contributed by atoms with Crippen LogP contribution in [0.3, 0.4) is 0 Å². The van der Waals surface area contributed by atoms with Gasteiger partial charge in [0, 0.05) is 35.6 Å². The average Bonchev–Trinajstić information content (AvgIpc) is 2.95. The minimum Gasteiger partial charge on any atom is -0.496 e. The summed E-state index contributed by atoms with van der Waals surface area (Å²) in [7, 11) is 1.75. The molecule has 3 heteroatoms. The van der Waals surface area contributed by atoms with Crippen LogP contribution < -0.4 is 10.1 Å². The predicted octanol–water partition coefficient (Wildman–Crippen LogP) is 3.55. The van der Waals surface area contributed by atoms with Crippen molar-refractivity contribution in [1.29, 1.82) is 0 Å². The summed E-state index contributed by atoms with van der Waals surface area (Å²) in [5, 5.41) is 3.90. The number of nitrogens with one attached hydrogen (secondary N) is 1. The third-order valence-electron chi connectivity index (χ3n) is 5.40. The molecule has 0 radical (unpaired) electrons. The van der Waals surface area contributed by atoms with E-state index in [9.17, 15) is 0 Å². The molecule has 1 aromatic carbocycles. The van der Waals surface area contributed by atoms with E-state index in [1.165, 1.54) is 12.0 Å². The van der Waals surface area contributed by atoms with Gasteiger partial charge >= 0.3 is 0 Å². The number of rotatable bonds is 5. The van der Waals surface area contributed by atoms with E-state index in [-0.39, 0.29) is 5.41 Å². The minimum absolute atomic E-state index is 0.219. The highest BCUT2D eigenvalue weighted by Gasteiger charge is 2.59. The van der Waals surface area contributed by atoms with Gasteiger partial charge in [-0.1, -0.05) is 39.0 Å². The zero-order chi connectivity index (χ0) is 15.0. The average molecular weight is 289 g/mol. The van der Waals surface area contributed by atoms with Gasteiger partial charge in [0.05, 0.1) is 13.2 Å². The van der Waals surface area contributed by atoms with Crippen molar-refractivity contribution in [3.05, 3.63) is 29.8 Å². The van der Waals surface area contributed by atoms with Crippen LogP contribution in [0.2, 0.25) is 0 Å². The fourth-order valence-corrected chi connectivity index (χ4v) is 4.26. The molecule has 1 aromatic rings. The topological polar surface area (TPSA) is 30.5 Å². The summed E-state index contributed by atoms with van der Waals surface area (Å²) in [5.74, 6) is 1.65. The first kappa shape index (κ1) is 14.9. The summed E-state index contributed by atoms with van der Waals surface area (Å²) in [6.07, 6.45) is 2.68. The Bertz CT molecular complexity index is 500. The molecule has 4 atom stereocenters. The van der Waals surface area contributed by atoms with Crippen LogP contribution in [0.4, 0.5) is 0 Å². The largest absolute Gasteiger partial charge is 0.496 e. The summed E-state index contributed by atoms with van der Waals surface area (Å²) in [5.41, 5.74) is 1.48. The van der Waals surface area contributed by atoms with Gasteiger partial charge in [-0.15, -0.1) is 0 Å². The molecule has 1 saturated carbocycles. The van der Waals surface area contributed by atoms with Gasteiger partial charge in [0.2, 0.25) is 0 Å². The highest BCUT2D eigenvalue weighted by atomic mass is 16.5. The lowest BCUT2D eigenvalue weighted by molar-refractivity contribution is -0.115. The Balaban J connectivity index is 1.79. The Labute approximate surface area is 128 Å². The first-order chi connectivity index (χ1) is 10.1. The molecule has 3 rings (SSSR count). The van der Waals surface area contributed by atoms with Gasteiger partial charge in [-0.2, -0.15) is 0 Å². The van der Waals surface area contributed by atoms with Crippen molar-refractivity contribution in [2.45, 2.75) is 51.8 Å². The lowest BCUT2D eigenvalue weighted by Crippen LogP contribution is -2.66. The molecule has 1 saturated heterocycles. The molecule has 0 amide bonds. The lowest BCUT2D eigenvalue weighted by atomic mass is 9.57. The van der Waals surface area contributed by atoms with Crippen LogP contribution in [0, 0.1) is 11.3 Å². The summed E-state index contributed by atoms with van der Waals surface area (Å²) in [6, 6.07) is 9.21. The second-order valence-corrected chi connectivity index (χ2v) is 6.91. The summed E-state index contributed by atoms with van der Waals surface area (Å²) in [6.45, 7) is 7.80. The zero-order valence-corrected chi connectivity index (χ0v) is 13.6. The van der Waals surface area contributed by atoms with E-state index in [4.69, 9.17) is 9.47 Å². The van der Waals surface area contributed by atoms with Crippen molar-refractivity contribution >= 4 is 0 Å². The number of hydrogen-bond acceptors (Lipinski definition) is 3. The van der Waals surface area contributed by atoms with Crippen LogP contribution in [-0.2, 0) is 4.74 Å². The Kier molecular flexibility index (Phi) is 3.98. The monoisotopic (exact) mass is 289 g/mol. The summed E-state index contributed by atoms with van der Waals surface area (Å²) < 4.78 is 11.4. The molecule has 2 fully saturated rings. The highest BCUT2D eigenvalue weighted by molar-refractivity contribution is 5.36. The van der Waals surface area contributed by atoms with E-state index in [1.54, 1.807) is 7.11 Å². The number of fused-ring (bicyclic) bond motifs is 1. The van der Waals surface area contributed by atoms with E-state index in [2.05, 4.69) is 38.2 Å². The van der Waals surface area contributed by atoms with Crippen molar-refractivity contribution in [2.75, 3.05) is 13.7 Å². The molecule has 1 heterocycles. The lowest BCUT2D eigenvalue weighted by Gasteiger charge is -2.56. The van der Waals surface area contributed by atoms with Gasteiger partial charge in [-0.25, -0.2) is 0 Å². The fourth-order valence-electron chi connectivity index (χ4n) is 4.26. The molecule has 2 aliphatic rings. The van der Waals surface area contributed by atoms with Crippen LogP contribution in [0.5, 0.6) is 5.75 Å². The zero-order valence-electron chi connectivity index (χ0n) is 13.6. The third-order valence-corrected chi connectivity index (χ3v) is 5.40. The number of para-hydroxylation sites is 1. The first-order valence-corrected chi connectivity index (χ1v) is 8.10. The smallest absolute Gasteiger partial charge is 0.123 e. The Hall–Kier alpha value is -1.06. The molecule has 1 aliphatic heterocycles. The van der Waals surface area contributed by atoms with Crippen molar-refractivity contribution in [3.8, 4) is 5.75 Å². The maximum atomic E-state index is 5.90. The van der Waals surface area contributed by atoms with Gasteiger partial charge in [-0.3, -0.25) is 0 Å². The third kappa shape index (κ3) is 2.36. The standard InChI is InChI=1S/C18H27NO2/c1-5-14(12-8-6-7-9-15(12)20-4)19-16-13-10-11-21-17(13)18(16,2)3/h6-9,13-14,16-17,19H,5,10-11H2,1-4H3. The van der Waals surface area contributed by atoms with Crippen LogP contribution >= 0.6 is 0 Å². The first-order valence-electron chi connectivity index (χ1n) is 8.10. The molecule has 1 aliphatic carbocycles. The van der Waals surface area contributed by atoms with Gasteiger partial charge in [-0.05, 0) is 18.9 Å². The Morgan fingerprint density at radius 1 is 1.38 bits per heavy atom. The van der Waals surface area contributed by atoms with E-state index in [0.29, 0.717) is 24.1 Å². The molecule has 3 nitrogen and oxygen atoms in total. The van der Waals surface area contributed by atoms with E-state index in [1.807, 2.05) is 12.1 Å². The van der Waals surface area contributed by atoms with Gasteiger partial charge in [0.15, 0.2) is 0 Å². The number of ether oxygens (including phenoxy) is 2. The molecule has 0 spiro atoms. The van der Waals surface area contributed by atoms with Crippen LogP contribution in [0.15, 0.2) is 24.3 Å². The molecule has 21 heavy (non-hydrogen) atoms. The highest BCUT2D eigenvalue weighted by Crippen LogP contribution is 2.53. The Morgan fingerprint density at radius 2 is 2.14 bits per heavy atom.